The van der Waals surface area contributed by atoms with E-state index in [1.807, 2.05) is 30.3 Å². The lowest BCUT2D eigenvalue weighted by Gasteiger charge is -2.12. The van der Waals surface area contributed by atoms with Crippen LogP contribution >= 0.6 is 0 Å². The Kier molecular flexibility index (Phi) is 6.23. The fourth-order valence-corrected chi connectivity index (χ4v) is 1.24. The van der Waals surface area contributed by atoms with Crippen LogP contribution in [0, 0.1) is 0 Å². The van der Waals surface area contributed by atoms with E-state index in [9.17, 15) is 0 Å². The first-order valence-electron chi connectivity index (χ1n) is 5.33. The van der Waals surface area contributed by atoms with E-state index in [1.54, 1.807) is 12.2 Å². The summed E-state index contributed by atoms with van der Waals surface area (Å²) in [4.78, 5) is 0. The quantitative estimate of drug-likeness (QED) is 0.624. The van der Waals surface area contributed by atoms with Crippen molar-refractivity contribution in [1.82, 2.24) is 0 Å². The lowest BCUT2D eigenvalue weighted by Crippen LogP contribution is -2.17. The highest BCUT2D eigenvalue weighted by molar-refractivity contribution is 5.13. The molecule has 0 aromatic heterocycles. The number of rotatable bonds is 8. The fraction of sp³-hybridized carbons (Fsp3) is 0.286. The third-order valence-corrected chi connectivity index (χ3v) is 2.08. The van der Waals surface area contributed by atoms with Crippen LogP contribution in [-0.4, -0.2) is 19.3 Å². The van der Waals surface area contributed by atoms with Gasteiger partial charge in [-0.05, 0) is 5.56 Å². The minimum atomic E-state index is -0.0679. The van der Waals surface area contributed by atoms with Gasteiger partial charge in [0.25, 0.3) is 0 Å². The molecule has 0 amide bonds. The monoisotopic (exact) mass is 218 g/mol. The van der Waals surface area contributed by atoms with Gasteiger partial charge in [0.1, 0.15) is 0 Å². The Bertz CT molecular complexity index is 306. The molecule has 1 atom stereocenters. The van der Waals surface area contributed by atoms with Gasteiger partial charge in [0.2, 0.25) is 0 Å². The Balaban J connectivity index is 2.23. The predicted molar refractivity (Wildman–Crippen MR) is 66.2 cm³/mol. The summed E-state index contributed by atoms with van der Waals surface area (Å²) in [5.41, 5.74) is 1.16. The van der Waals surface area contributed by atoms with Crippen LogP contribution in [0.4, 0.5) is 0 Å². The molecule has 0 unspecified atom stereocenters. The molecule has 0 aliphatic heterocycles. The molecule has 0 radical (unpaired) electrons. The summed E-state index contributed by atoms with van der Waals surface area (Å²) >= 11 is 0. The Labute approximate surface area is 97.2 Å². The van der Waals surface area contributed by atoms with Gasteiger partial charge in [0, 0.05) is 0 Å². The van der Waals surface area contributed by atoms with Gasteiger partial charge in [0.15, 0.2) is 0 Å². The zero-order valence-electron chi connectivity index (χ0n) is 9.47. The molecule has 0 heterocycles. The molecule has 0 saturated carbocycles. The first-order valence-corrected chi connectivity index (χ1v) is 5.33. The topological polar surface area (TPSA) is 18.5 Å². The van der Waals surface area contributed by atoms with Gasteiger partial charge < -0.3 is 9.47 Å². The van der Waals surface area contributed by atoms with Gasteiger partial charge >= 0.3 is 0 Å². The number of hydrogen-bond acceptors (Lipinski definition) is 2. The minimum Gasteiger partial charge on any atom is -0.374 e. The summed E-state index contributed by atoms with van der Waals surface area (Å²) in [5.74, 6) is 0. The van der Waals surface area contributed by atoms with E-state index in [4.69, 9.17) is 9.47 Å². The molecule has 0 spiro atoms. The molecule has 0 fully saturated rings. The van der Waals surface area contributed by atoms with Crippen LogP contribution in [0.5, 0.6) is 0 Å². The van der Waals surface area contributed by atoms with Gasteiger partial charge in [-0.1, -0.05) is 42.5 Å². The average Bonchev–Trinajstić information content (AvgIpc) is 2.35. The lowest BCUT2D eigenvalue weighted by molar-refractivity contribution is 0.0130. The van der Waals surface area contributed by atoms with Crippen LogP contribution in [0.15, 0.2) is 55.6 Å². The first kappa shape index (κ1) is 12.7. The zero-order valence-corrected chi connectivity index (χ0v) is 9.47. The summed E-state index contributed by atoms with van der Waals surface area (Å²) < 4.78 is 11.0. The van der Waals surface area contributed by atoms with Gasteiger partial charge in [-0.15, -0.1) is 13.2 Å². The SMILES string of the molecule is C=CCO[C@@H](C=C)COCc1ccccc1. The van der Waals surface area contributed by atoms with Crippen molar-refractivity contribution in [3.05, 3.63) is 61.2 Å². The van der Waals surface area contributed by atoms with Gasteiger partial charge in [0.05, 0.1) is 25.9 Å². The Morgan fingerprint density at radius 3 is 2.56 bits per heavy atom. The smallest absolute Gasteiger partial charge is 0.0991 e. The molecule has 2 nitrogen and oxygen atoms in total. The van der Waals surface area contributed by atoms with Crippen LogP contribution in [0.1, 0.15) is 5.56 Å². The molecule has 16 heavy (non-hydrogen) atoms. The van der Waals surface area contributed by atoms with Crippen molar-refractivity contribution in [2.24, 2.45) is 0 Å². The van der Waals surface area contributed by atoms with E-state index in [0.29, 0.717) is 19.8 Å². The standard InChI is InChI=1S/C14H18O2/c1-3-10-16-14(4-2)12-15-11-13-8-6-5-7-9-13/h3-9,14H,1-2,10-12H2/t14-/m0/s1. The summed E-state index contributed by atoms with van der Waals surface area (Å²) in [6.07, 6.45) is 3.39. The highest BCUT2D eigenvalue weighted by Crippen LogP contribution is 2.02. The molecule has 86 valence electrons. The molecule has 0 aliphatic rings. The first-order chi connectivity index (χ1) is 7.86. The molecule has 0 aliphatic carbocycles. The maximum absolute atomic E-state index is 5.54. The molecule has 1 rings (SSSR count). The second kappa shape index (κ2) is 7.85. The molecule has 0 saturated heterocycles. The molecule has 2 heteroatoms. The van der Waals surface area contributed by atoms with Crippen molar-refractivity contribution in [2.45, 2.75) is 12.7 Å². The summed E-state index contributed by atoms with van der Waals surface area (Å²) in [5, 5.41) is 0. The molecular weight excluding hydrogens is 200 g/mol. The van der Waals surface area contributed by atoms with E-state index >= 15 is 0 Å². The van der Waals surface area contributed by atoms with E-state index < -0.39 is 0 Å². The van der Waals surface area contributed by atoms with Crippen LogP contribution in [0.25, 0.3) is 0 Å². The van der Waals surface area contributed by atoms with Crippen LogP contribution in [-0.2, 0) is 16.1 Å². The van der Waals surface area contributed by atoms with Gasteiger partial charge in [-0.2, -0.15) is 0 Å². The number of benzene rings is 1. The molecule has 1 aromatic carbocycles. The maximum atomic E-state index is 5.54. The fourth-order valence-electron chi connectivity index (χ4n) is 1.24. The Morgan fingerprint density at radius 1 is 1.19 bits per heavy atom. The summed E-state index contributed by atoms with van der Waals surface area (Å²) in [6.45, 7) is 8.93. The lowest BCUT2D eigenvalue weighted by atomic mass is 10.2. The van der Waals surface area contributed by atoms with Crippen LogP contribution in [0.3, 0.4) is 0 Å². The van der Waals surface area contributed by atoms with Crippen molar-refractivity contribution in [3.8, 4) is 0 Å². The molecule has 0 bridgehead atoms. The molecule has 0 N–H and O–H groups in total. The maximum Gasteiger partial charge on any atom is 0.0991 e. The van der Waals surface area contributed by atoms with Gasteiger partial charge in [-0.3, -0.25) is 0 Å². The third kappa shape index (κ3) is 4.91. The zero-order chi connectivity index (χ0) is 11.6. The van der Waals surface area contributed by atoms with E-state index in [-0.39, 0.29) is 6.10 Å². The van der Waals surface area contributed by atoms with Crippen molar-refractivity contribution >= 4 is 0 Å². The minimum absolute atomic E-state index is 0.0679. The van der Waals surface area contributed by atoms with Crippen molar-refractivity contribution in [3.63, 3.8) is 0 Å². The van der Waals surface area contributed by atoms with E-state index in [2.05, 4.69) is 13.2 Å². The molecule has 1 aromatic rings. The number of ether oxygens (including phenoxy) is 2. The summed E-state index contributed by atoms with van der Waals surface area (Å²) in [6, 6.07) is 10.1. The van der Waals surface area contributed by atoms with Crippen molar-refractivity contribution in [1.29, 1.82) is 0 Å². The van der Waals surface area contributed by atoms with Crippen molar-refractivity contribution in [2.75, 3.05) is 13.2 Å². The van der Waals surface area contributed by atoms with Crippen molar-refractivity contribution < 1.29 is 9.47 Å². The highest BCUT2D eigenvalue weighted by Gasteiger charge is 2.03. The normalized spacial score (nSPS) is 12.0. The Morgan fingerprint density at radius 2 is 1.94 bits per heavy atom. The summed E-state index contributed by atoms with van der Waals surface area (Å²) in [7, 11) is 0. The van der Waals surface area contributed by atoms with Gasteiger partial charge in [-0.25, -0.2) is 0 Å². The Hall–Kier alpha value is -1.38. The predicted octanol–water partition coefficient (Wildman–Crippen LogP) is 2.96. The highest BCUT2D eigenvalue weighted by atomic mass is 16.5. The third-order valence-electron chi connectivity index (χ3n) is 2.08. The average molecular weight is 218 g/mol. The second-order valence-electron chi connectivity index (χ2n) is 3.40. The van der Waals surface area contributed by atoms with Crippen LogP contribution in [0.2, 0.25) is 0 Å². The molecular formula is C14H18O2. The second-order valence-corrected chi connectivity index (χ2v) is 3.40. The number of hydrogen-bond donors (Lipinski definition) is 0. The largest absolute Gasteiger partial charge is 0.374 e. The van der Waals surface area contributed by atoms with E-state index in [0.717, 1.165) is 5.56 Å². The van der Waals surface area contributed by atoms with E-state index in [1.165, 1.54) is 0 Å². The van der Waals surface area contributed by atoms with Crippen LogP contribution < -0.4 is 0 Å².